The van der Waals surface area contributed by atoms with Gasteiger partial charge in [0.2, 0.25) is 5.91 Å². The van der Waals surface area contributed by atoms with Gasteiger partial charge in [0.15, 0.2) is 0 Å². The summed E-state index contributed by atoms with van der Waals surface area (Å²) in [7, 11) is 2.17. The maximum Gasteiger partial charge on any atom is 0.236 e. The number of nitrogens with zero attached hydrogens (tertiary/aromatic N) is 3. The van der Waals surface area contributed by atoms with Crippen molar-refractivity contribution in [2.75, 3.05) is 52.9 Å². The van der Waals surface area contributed by atoms with Gasteiger partial charge in [-0.1, -0.05) is 30.3 Å². The molecule has 1 unspecified atom stereocenters. The van der Waals surface area contributed by atoms with Crippen LogP contribution in [-0.4, -0.2) is 73.5 Å². The molecule has 1 aromatic rings. The van der Waals surface area contributed by atoms with Gasteiger partial charge < -0.3 is 9.80 Å². The number of carbonyl (C=O) groups is 1. The third-order valence-electron chi connectivity index (χ3n) is 5.52. The molecule has 4 heteroatoms. The molecule has 3 rings (SSSR count). The van der Waals surface area contributed by atoms with Crippen molar-refractivity contribution in [2.24, 2.45) is 0 Å². The van der Waals surface area contributed by atoms with Crippen molar-refractivity contribution >= 4 is 5.91 Å². The lowest BCUT2D eigenvalue weighted by atomic mass is 9.92. The third kappa shape index (κ3) is 4.81. The Hall–Kier alpha value is -1.39. The first-order valence-electron chi connectivity index (χ1n) is 9.46. The Morgan fingerprint density at radius 1 is 0.958 bits per heavy atom. The molecule has 2 heterocycles. The van der Waals surface area contributed by atoms with Crippen LogP contribution in [0.3, 0.4) is 0 Å². The quantitative estimate of drug-likeness (QED) is 0.852. The normalized spacial score (nSPS) is 24.4. The number of likely N-dealkylation sites (tertiary alicyclic amines) is 1. The topological polar surface area (TPSA) is 26.8 Å². The number of benzene rings is 1. The fourth-order valence-corrected chi connectivity index (χ4v) is 3.95. The molecule has 0 N–H and O–H groups in total. The molecule has 2 aliphatic heterocycles. The summed E-state index contributed by atoms with van der Waals surface area (Å²) in [6.45, 7) is 6.72. The Bertz CT molecular complexity index is 519. The zero-order valence-corrected chi connectivity index (χ0v) is 15.0. The molecular weight excluding hydrogens is 298 g/mol. The van der Waals surface area contributed by atoms with Gasteiger partial charge in [-0.3, -0.25) is 9.69 Å². The molecule has 1 amide bonds. The van der Waals surface area contributed by atoms with Crippen LogP contribution in [0.1, 0.15) is 37.2 Å². The van der Waals surface area contributed by atoms with Crippen molar-refractivity contribution < 1.29 is 4.79 Å². The molecule has 0 saturated carbocycles. The van der Waals surface area contributed by atoms with Crippen molar-refractivity contribution in [3.8, 4) is 0 Å². The SMILES string of the molecule is CN1CCCN(CC(=O)N2CCCC(c3ccccc3)CC2)CC1. The Balaban J connectivity index is 1.51. The minimum absolute atomic E-state index is 0.327. The molecule has 0 radical (unpaired) electrons. The summed E-state index contributed by atoms with van der Waals surface area (Å²) >= 11 is 0. The molecule has 132 valence electrons. The van der Waals surface area contributed by atoms with Crippen molar-refractivity contribution in [2.45, 2.75) is 31.6 Å². The third-order valence-corrected chi connectivity index (χ3v) is 5.52. The Labute approximate surface area is 146 Å². The van der Waals surface area contributed by atoms with Gasteiger partial charge in [-0.2, -0.15) is 0 Å². The van der Waals surface area contributed by atoms with Crippen LogP contribution in [0.2, 0.25) is 0 Å². The van der Waals surface area contributed by atoms with Crippen LogP contribution in [0.25, 0.3) is 0 Å². The molecule has 1 aromatic carbocycles. The van der Waals surface area contributed by atoms with E-state index in [1.807, 2.05) is 0 Å². The van der Waals surface area contributed by atoms with Crippen LogP contribution in [0.5, 0.6) is 0 Å². The average Bonchev–Trinajstić information content (AvgIpc) is 2.97. The first-order chi connectivity index (χ1) is 11.7. The van der Waals surface area contributed by atoms with Gasteiger partial charge >= 0.3 is 0 Å². The highest BCUT2D eigenvalue weighted by atomic mass is 16.2. The zero-order valence-electron chi connectivity index (χ0n) is 15.0. The number of hydrogen-bond acceptors (Lipinski definition) is 3. The van der Waals surface area contributed by atoms with Gasteiger partial charge in [-0.25, -0.2) is 0 Å². The van der Waals surface area contributed by atoms with Gasteiger partial charge in [-0.05, 0) is 57.3 Å². The summed E-state index contributed by atoms with van der Waals surface area (Å²) in [6.07, 6.45) is 4.58. The average molecular weight is 329 g/mol. The van der Waals surface area contributed by atoms with Crippen LogP contribution in [0.15, 0.2) is 30.3 Å². The monoisotopic (exact) mass is 329 g/mol. The van der Waals surface area contributed by atoms with Crippen molar-refractivity contribution in [3.63, 3.8) is 0 Å². The fourth-order valence-electron chi connectivity index (χ4n) is 3.95. The van der Waals surface area contributed by atoms with Crippen LogP contribution in [0, 0.1) is 0 Å². The van der Waals surface area contributed by atoms with E-state index in [9.17, 15) is 4.79 Å². The second kappa shape index (κ2) is 8.63. The first kappa shape index (κ1) is 17.4. The Morgan fingerprint density at radius 3 is 2.62 bits per heavy atom. The van der Waals surface area contributed by atoms with E-state index in [1.165, 1.54) is 18.4 Å². The van der Waals surface area contributed by atoms with Crippen LogP contribution < -0.4 is 0 Å². The smallest absolute Gasteiger partial charge is 0.236 e. The van der Waals surface area contributed by atoms with Gasteiger partial charge in [-0.15, -0.1) is 0 Å². The largest absolute Gasteiger partial charge is 0.342 e. The number of likely N-dealkylation sites (N-methyl/N-ethyl adjacent to an activating group) is 1. The molecular formula is C20H31N3O. The standard InChI is InChI=1S/C20H31N3O/c1-21-11-6-12-22(16-15-21)17-20(24)23-13-5-9-19(10-14-23)18-7-3-2-4-8-18/h2-4,7-8,19H,5-6,9-17H2,1H3. The van der Waals surface area contributed by atoms with E-state index in [0.29, 0.717) is 18.4 Å². The van der Waals surface area contributed by atoms with Gasteiger partial charge in [0, 0.05) is 26.2 Å². The van der Waals surface area contributed by atoms with Crippen LogP contribution in [-0.2, 0) is 4.79 Å². The molecule has 0 aliphatic carbocycles. The fraction of sp³-hybridized carbons (Fsp3) is 0.650. The summed E-state index contributed by atoms with van der Waals surface area (Å²) in [5, 5.41) is 0. The number of hydrogen-bond donors (Lipinski definition) is 0. The lowest BCUT2D eigenvalue weighted by Gasteiger charge is -2.25. The van der Waals surface area contributed by atoms with E-state index >= 15 is 0 Å². The summed E-state index contributed by atoms with van der Waals surface area (Å²) in [5.41, 5.74) is 1.43. The van der Waals surface area contributed by atoms with E-state index in [1.54, 1.807) is 0 Å². The molecule has 2 saturated heterocycles. The van der Waals surface area contributed by atoms with E-state index in [2.05, 4.69) is 52.1 Å². The van der Waals surface area contributed by atoms with Crippen molar-refractivity contribution in [1.82, 2.24) is 14.7 Å². The second-order valence-corrected chi connectivity index (χ2v) is 7.35. The van der Waals surface area contributed by atoms with Crippen molar-refractivity contribution in [3.05, 3.63) is 35.9 Å². The summed E-state index contributed by atoms with van der Waals surface area (Å²) in [6, 6.07) is 10.8. The minimum atomic E-state index is 0.327. The van der Waals surface area contributed by atoms with Gasteiger partial charge in [0.25, 0.3) is 0 Å². The molecule has 0 bridgehead atoms. The lowest BCUT2D eigenvalue weighted by molar-refractivity contribution is -0.132. The predicted molar refractivity (Wildman–Crippen MR) is 98.2 cm³/mol. The second-order valence-electron chi connectivity index (χ2n) is 7.35. The van der Waals surface area contributed by atoms with Gasteiger partial charge in [0.1, 0.15) is 0 Å². The highest BCUT2D eigenvalue weighted by molar-refractivity contribution is 5.78. The maximum absolute atomic E-state index is 12.7. The molecule has 0 spiro atoms. The van der Waals surface area contributed by atoms with Crippen molar-refractivity contribution in [1.29, 1.82) is 0 Å². The number of amides is 1. The molecule has 2 aliphatic rings. The maximum atomic E-state index is 12.7. The summed E-state index contributed by atoms with van der Waals surface area (Å²) < 4.78 is 0. The van der Waals surface area contributed by atoms with E-state index in [0.717, 1.165) is 52.1 Å². The molecule has 24 heavy (non-hydrogen) atoms. The summed E-state index contributed by atoms with van der Waals surface area (Å²) in [4.78, 5) is 19.5. The highest BCUT2D eigenvalue weighted by Crippen LogP contribution is 2.27. The molecule has 2 fully saturated rings. The highest BCUT2D eigenvalue weighted by Gasteiger charge is 2.23. The Morgan fingerprint density at radius 2 is 1.79 bits per heavy atom. The van der Waals surface area contributed by atoms with Crippen LogP contribution in [0.4, 0.5) is 0 Å². The van der Waals surface area contributed by atoms with E-state index < -0.39 is 0 Å². The first-order valence-corrected chi connectivity index (χ1v) is 9.46. The number of carbonyl (C=O) groups excluding carboxylic acids is 1. The van der Waals surface area contributed by atoms with E-state index in [4.69, 9.17) is 0 Å². The summed E-state index contributed by atoms with van der Waals surface area (Å²) in [5.74, 6) is 0.934. The number of rotatable bonds is 3. The molecule has 1 atom stereocenters. The molecule has 0 aromatic heterocycles. The van der Waals surface area contributed by atoms with Gasteiger partial charge in [0.05, 0.1) is 6.54 Å². The van der Waals surface area contributed by atoms with E-state index in [-0.39, 0.29) is 0 Å². The lowest BCUT2D eigenvalue weighted by Crippen LogP contribution is -2.42. The predicted octanol–water partition coefficient (Wildman–Crippen LogP) is 2.42. The molecule has 4 nitrogen and oxygen atoms in total. The van der Waals surface area contributed by atoms with Crippen LogP contribution >= 0.6 is 0 Å². The minimum Gasteiger partial charge on any atom is -0.342 e. The zero-order chi connectivity index (χ0) is 16.8. The Kier molecular flexibility index (Phi) is 6.27.